The molecule has 0 N–H and O–H groups in total. The van der Waals surface area contributed by atoms with Crippen molar-refractivity contribution in [2.75, 3.05) is 6.54 Å². The maximum atomic E-state index is 11.5. The number of carbonyl (C=O) groups excluding carboxylic acids is 1. The van der Waals surface area contributed by atoms with Gasteiger partial charge in [-0.25, -0.2) is 5.01 Å². The first-order valence-electron chi connectivity index (χ1n) is 6.34. The van der Waals surface area contributed by atoms with Gasteiger partial charge < -0.3 is 0 Å². The summed E-state index contributed by atoms with van der Waals surface area (Å²) >= 11 is 15.0. The maximum Gasteiger partial charge on any atom is 0.248 e. The summed E-state index contributed by atoms with van der Waals surface area (Å²) in [5.41, 5.74) is 1.08. The van der Waals surface area contributed by atoms with Gasteiger partial charge in [-0.05, 0) is 35.9 Å². The first-order valence-corrected chi connectivity index (χ1v) is 8.90. The quantitative estimate of drug-likeness (QED) is 0.792. The van der Waals surface area contributed by atoms with Crippen molar-refractivity contribution in [2.45, 2.75) is 18.6 Å². The highest BCUT2D eigenvalue weighted by Gasteiger charge is 2.26. The van der Waals surface area contributed by atoms with Gasteiger partial charge in [0.2, 0.25) is 5.91 Å². The molecule has 2 aliphatic heterocycles. The van der Waals surface area contributed by atoms with E-state index in [-0.39, 0.29) is 5.91 Å². The van der Waals surface area contributed by atoms with Crippen molar-refractivity contribution in [1.82, 2.24) is 5.01 Å². The number of carbonyl (C=O) groups is 1. The van der Waals surface area contributed by atoms with Gasteiger partial charge in [0.05, 0.1) is 10.0 Å². The number of rotatable bonds is 2. The van der Waals surface area contributed by atoms with E-state index in [9.17, 15) is 4.79 Å². The average Bonchev–Trinajstić information content (AvgIpc) is 2.74. The number of halogens is 2. The fourth-order valence-electron chi connectivity index (χ4n) is 1.89. The van der Waals surface area contributed by atoms with E-state index in [1.54, 1.807) is 17.8 Å². The number of aliphatic imine (C=N–C) groups is 1. The number of amides is 1. The molecule has 0 saturated heterocycles. The minimum absolute atomic E-state index is 0.0640. The Kier molecular flexibility index (Phi) is 4.78. The molecule has 0 bridgehead atoms. The summed E-state index contributed by atoms with van der Waals surface area (Å²) in [6, 6.07) is 5.59. The molecule has 21 heavy (non-hydrogen) atoms. The van der Waals surface area contributed by atoms with Crippen LogP contribution in [0.3, 0.4) is 0 Å². The second kappa shape index (κ2) is 6.60. The van der Waals surface area contributed by atoms with E-state index in [0.717, 1.165) is 28.7 Å². The van der Waals surface area contributed by atoms with Crippen LogP contribution in [-0.2, 0) is 10.5 Å². The van der Waals surface area contributed by atoms with E-state index in [0.29, 0.717) is 21.6 Å². The van der Waals surface area contributed by atoms with Crippen LogP contribution in [0.5, 0.6) is 0 Å². The number of benzene rings is 1. The highest BCUT2D eigenvalue weighted by molar-refractivity contribution is 8.45. The monoisotopic (exact) mass is 359 g/mol. The fourth-order valence-corrected chi connectivity index (χ4v) is 4.16. The highest BCUT2D eigenvalue weighted by Crippen LogP contribution is 2.32. The van der Waals surface area contributed by atoms with E-state index in [1.807, 2.05) is 17.1 Å². The molecular weight excluding hydrogens is 349 g/mol. The Bertz CT molecular complexity index is 648. The summed E-state index contributed by atoms with van der Waals surface area (Å²) in [5, 5.41) is 8.10. The lowest BCUT2D eigenvalue weighted by Gasteiger charge is -2.08. The van der Waals surface area contributed by atoms with Crippen LogP contribution in [0.4, 0.5) is 0 Å². The van der Waals surface area contributed by atoms with Gasteiger partial charge in [0.1, 0.15) is 0 Å². The second-order valence-electron chi connectivity index (χ2n) is 4.52. The Hall–Kier alpha value is -0.690. The lowest BCUT2D eigenvalue weighted by molar-refractivity contribution is -0.117. The molecule has 0 saturated carbocycles. The topological polar surface area (TPSA) is 45.0 Å². The third-order valence-corrected chi connectivity index (χ3v) is 5.82. The number of nitrogens with zero attached hydrogens (tertiary/aromatic N) is 3. The van der Waals surface area contributed by atoms with Crippen LogP contribution in [-0.4, -0.2) is 27.0 Å². The van der Waals surface area contributed by atoms with Gasteiger partial charge in [0.25, 0.3) is 0 Å². The normalized spacial score (nSPS) is 18.2. The molecule has 8 heteroatoms. The number of fused-ring (bicyclic) bond motifs is 1. The summed E-state index contributed by atoms with van der Waals surface area (Å²) in [7, 11) is 0. The van der Waals surface area contributed by atoms with Gasteiger partial charge in [0, 0.05) is 18.7 Å². The van der Waals surface area contributed by atoms with Crippen LogP contribution in [0.15, 0.2) is 28.3 Å². The zero-order chi connectivity index (χ0) is 14.8. The van der Waals surface area contributed by atoms with Crippen molar-refractivity contribution < 1.29 is 4.79 Å². The molecule has 110 valence electrons. The maximum absolute atomic E-state index is 11.5. The molecule has 4 nitrogen and oxygen atoms in total. The van der Waals surface area contributed by atoms with Gasteiger partial charge in [-0.15, -0.1) is 0 Å². The molecule has 0 fully saturated rings. The Balaban J connectivity index is 1.64. The first kappa shape index (κ1) is 15.2. The van der Waals surface area contributed by atoms with Crippen LogP contribution >= 0.6 is 46.7 Å². The summed E-state index contributed by atoms with van der Waals surface area (Å²) in [6.45, 7) is 0.744. The third-order valence-electron chi connectivity index (χ3n) is 2.93. The SMILES string of the molecule is O=C1CCCN2N=C(SCc3ccc(Cl)c(Cl)c3)SC2=N1. The Morgan fingerprint density at radius 2 is 2.19 bits per heavy atom. The lowest BCUT2D eigenvalue weighted by Crippen LogP contribution is -2.18. The van der Waals surface area contributed by atoms with Crippen molar-refractivity contribution in [3.8, 4) is 0 Å². The molecule has 0 aliphatic carbocycles. The molecule has 3 rings (SSSR count). The predicted molar refractivity (Wildman–Crippen MR) is 91.2 cm³/mol. The predicted octanol–water partition coefficient (Wildman–Crippen LogP) is 4.22. The summed E-state index contributed by atoms with van der Waals surface area (Å²) < 4.78 is 0.898. The summed E-state index contributed by atoms with van der Waals surface area (Å²) in [5.74, 6) is 0.684. The number of hydrogen-bond donors (Lipinski definition) is 0. The summed E-state index contributed by atoms with van der Waals surface area (Å²) in [4.78, 5) is 15.5. The van der Waals surface area contributed by atoms with Gasteiger partial charge in [-0.2, -0.15) is 10.1 Å². The fraction of sp³-hybridized carbons (Fsp3) is 0.308. The van der Waals surface area contributed by atoms with Crippen LogP contribution in [0.1, 0.15) is 18.4 Å². The molecule has 0 spiro atoms. The minimum atomic E-state index is -0.0640. The number of amidine groups is 1. The first-order chi connectivity index (χ1) is 10.1. The van der Waals surface area contributed by atoms with Gasteiger partial charge >= 0.3 is 0 Å². The highest BCUT2D eigenvalue weighted by atomic mass is 35.5. The molecule has 1 aromatic rings. The average molecular weight is 360 g/mol. The number of hydrazone groups is 1. The second-order valence-corrected chi connectivity index (χ2v) is 7.51. The van der Waals surface area contributed by atoms with E-state index in [2.05, 4.69) is 10.1 Å². The molecule has 2 aliphatic rings. The molecular formula is C13H11Cl2N3OS2. The van der Waals surface area contributed by atoms with Crippen LogP contribution in [0, 0.1) is 0 Å². The summed E-state index contributed by atoms with van der Waals surface area (Å²) in [6.07, 6.45) is 1.29. The van der Waals surface area contributed by atoms with Crippen molar-refractivity contribution in [2.24, 2.45) is 10.1 Å². The smallest absolute Gasteiger partial charge is 0.248 e. The molecule has 1 amide bonds. The largest absolute Gasteiger partial charge is 0.273 e. The van der Waals surface area contributed by atoms with Crippen LogP contribution in [0.2, 0.25) is 10.0 Å². The molecule has 0 atom stereocenters. The Morgan fingerprint density at radius 1 is 1.33 bits per heavy atom. The standard InChI is InChI=1S/C13H11Cl2N3OS2/c14-9-4-3-8(6-10(9)15)7-20-13-17-18-5-1-2-11(19)16-12(18)21-13/h3-4,6H,1-2,5,7H2. The van der Waals surface area contributed by atoms with Gasteiger partial charge in [-0.1, -0.05) is 41.0 Å². The number of hydrogen-bond acceptors (Lipinski definition) is 5. The van der Waals surface area contributed by atoms with E-state index in [1.165, 1.54) is 11.8 Å². The van der Waals surface area contributed by atoms with Crippen LogP contribution in [0.25, 0.3) is 0 Å². The number of thioether (sulfide) groups is 2. The van der Waals surface area contributed by atoms with Gasteiger partial charge in [0.15, 0.2) is 9.54 Å². The zero-order valence-corrected chi connectivity index (χ0v) is 14.0. The van der Waals surface area contributed by atoms with Crippen LogP contribution < -0.4 is 0 Å². The third kappa shape index (κ3) is 3.74. The van der Waals surface area contributed by atoms with E-state index < -0.39 is 0 Å². The van der Waals surface area contributed by atoms with E-state index in [4.69, 9.17) is 23.2 Å². The Morgan fingerprint density at radius 3 is 3.00 bits per heavy atom. The lowest BCUT2D eigenvalue weighted by atomic mass is 10.2. The van der Waals surface area contributed by atoms with Gasteiger partial charge in [-0.3, -0.25) is 4.79 Å². The molecule has 1 aromatic carbocycles. The minimum Gasteiger partial charge on any atom is -0.273 e. The zero-order valence-electron chi connectivity index (χ0n) is 10.9. The van der Waals surface area contributed by atoms with Crippen molar-refractivity contribution in [3.63, 3.8) is 0 Å². The van der Waals surface area contributed by atoms with Crippen molar-refractivity contribution >= 4 is 62.2 Å². The van der Waals surface area contributed by atoms with Crippen molar-refractivity contribution in [1.29, 1.82) is 0 Å². The molecule has 2 heterocycles. The Labute approximate surface area is 141 Å². The molecule has 0 radical (unpaired) electrons. The molecule has 0 aromatic heterocycles. The van der Waals surface area contributed by atoms with E-state index >= 15 is 0 Å². The molecule has 0 unspecified atom stereocenters. The van der Waals surface area contributed by atoms with Crippen molar-refractivity contribution in [3.05, 3.63) is 33.8 Å².